The largest absolute Gasteiger partial charge is 0.296 e. The maximum Gasteiger partial charge on any atom is 0.0236 e. The molecule has 0 bridgehead atoms. The van der Waals surface area contributed by atoms with Gasteiger partial charge >= 0.3 is 0 Å². The van der Waals surface area contributed by atoms with Gasteiger partial charge in [-0.25, -0.2) is 0 Å². The molecule has 2 rings (SSSR count). The summed E-state index contributed by atoms with van der Waals surface area (Å²) in [6.07, 6.45) is 7.10. The van der Waals surface area contributed by atoms with Gasteiger partial charge in [0.05, 0.1) is 0 Å². The molecule has 0 aliphatic heterocycles. The van der Waals surface area contributed by atoms with Gasteiger partial charge in [-0.3, -0.25) is 4.90 Å². The van der Waals surface area contributed by atoms with Crippen molar-refractivity contribution in [2.45, 2.75) is 51.6 Å². The van der Waals surface area contributed by atoms with Crippen LogP contribution in [-0.2, 0) is 6.54 Å². The van der Waals surface area contributed by atoms with Gasteiger partial charge < -0.3 is 0 Å². The third-order valence-electron chi connectivity index (χ3n) is 3.73. The normalized spacial score (nSPS) is 17.9. The second kappa shape index (κ2) is 6.05. The first-order valence-corrected chi connectivity index (χ1v) is 6.68. The van der Waals surface area contributed by atoms with E-state index in [0.29, 0.717) is 0 Å². The smallest absolute Gasteiger partial charge is 0.0236 e. The molecule has 1 aromatic carbocycles. The van der Waals surface area contributed by atoms with E-state index in [1.54, 1.807) is 0 Å². The average Bonchev–Trinajstić information content (AvgIpc) is 2.38. The van der Waals surface area contributed by atoms with Crippen LogP contribution in [0.3, 0.4) is 0 Å². The molecule has 0 heterocycles. The summed E-state index contributed by atoms with van der Waals surface area (Å²) in [4.78, 5) is 2.65. The minimum atomic E-state index is 0.832. The van der Waals surface area contributed by atoms with Crippen molar-refractivity contribution >= 4 is 0 Å². The molecular formula is C15H23N. The van der Waals surface area contributed by atoms with Crippen molar-refractivity contribution in [2.75, 3.05) is 6.54 Å². The maximum absolute atomic E-state index is 2.65. The minimum Gasteiger partial charge on any atom is -0.296 e. The third kappa shape index (κ3) is 3.08. The molecule has 0 radical (unpaired) electrons. The fraction of sp³-hybridized carbons (Fsp3) is 0.600. The highest BCUT2D eigenvalue weighted by Gasteiger charge is 2.19. The van der Waals surface area contributed by atoms with Gasteiger partial charge in [0.25, 0.3) is 0 Å². The van der Waals surface area contributed by atoms with Gasteiger partial charge in [-0.1, -0.05) is 56.5 Å². The van der Waals surface area contributed by atoms with Crippen LogP contribution >= 0.6 is 0 Å². The van der Waals surface area contributed by atoms with Crippen LogP contribution in [0.5, 0.6) is 0 Å². The molecule has 0 amide bonds. The Balaban J connectivity index is 1.94. The van der Waals surface area contributed by atoms with E-state index in [0.717, 1.165) is 12.6 Å². The molecule has 0 atom stereocenters. The standard InChI is InChI=1S/C15H23N/c1-2-16(15-11-7-4-8-12-15)13-14-9-5-3-6-10-14/h3,5-6,9-10,15H,2,4,7-8,11-13H2,1H3. The van der Waals surface area contributed by atoms with Gasteiger partial charge in [0, 0.05) is 12.6 Å². The predicted octanol–water partition coefficient (Wildman–Crippen LogP) is 3.84. The molecule has 16 heavy (non-hydrogen) atoms. The molecule has 1 fully saturated rings. The van der Waals surface area contributed by atoms with E-state index < -0.39 is 0 Å². The van der Waals surface area contributed by atoms with Gasteiger partial charge in [-0.05, 0) is 24.9 Å². The van der Waals surface area contributed by atoms with Crippen molar-refractivity contribution in [1.29, 1.82) is 0 Å². The number of rotatable bonds is 4. The van der Waals surface area contributed by atoms with E-state index in [1.165, 1.54) is 44.2 Å². The van der Waals surface area contributed by atoms with E-state index in [1.807, 2.05) is 0 Å². The van der Waals surface area contributed by atoms with E-state index in [2.05, 4.69) is 42.2 Å². The molecular weight excluding hydrogens is 194 g/mol. The Hall–Kier alpha value is -0.820. The first-order chi connectivity index (χ1) is 7.90. The van der Waals surface area contributed by atoms with E-state index >= 15 is 0 Å². The zero-order chi connectivity index (χ0) is 11.2. The molecule has 1 heteroatoms. The monoisotopic (exact) mass is 217 g/mol. The molecule has 1 aliphatic rings. The average molecular weight is 217 g/mol. The fourth-order valence-electron chi connectivity index (χ4n) is 2.76. The quantitative estimate of drug-likeness (QED) is 0.740. The van der Waals surface area contributed by atoms with Crippen LogP contribution in [-0.4, -0.2) is 17.5 Å². The summed E-state index contributed by atoms with van der Waals surface area (Å²) in [5.41, 5.74) is 1.45. The summed E-state index contributed by atoms with van der Waals surface area (Å²) in [6.45, 7) is 4.60. The van der Waals surface area contributed by atoms with Crippen molar-refractivity contribution in [2.24, 2.45) is 0 Å². The molecule has 0 saturated heterocycles. The Morgan fingerprint density at radius 3 is 2.38 bits per heavy atom. The maximum atomic E-state index is 2.65. The predicted molar refractivity (Wildman–Crippen MR) is 69.4 cm³/mol. The van der Waals surface area contributed by atoms with Crippen LogP contribution in [0.15, 0.2) is 30.3 Å². The Bertz CT molecular complexity index is 288. The van der Waals surface area contributed by atoms with Crippen molar-refractivity contribution < 1.29 is 0 Å². The van der Waals surface area contributed by atoms with E-state index in [-0.39, 0.29) is 0 Å². The summed E-state index contributed by atoms with van der Waals surface area (Å²) >= 11 is 0. The molecule has 0 unspecified atom stereocenters. The molecule has 1 saturated carbocycles. The number of benzene rings is 1. The second-order valence-corrected chi connectivity index (χ2v) is 4.84. The van der Waals surface area contributed by atoms with Crippen LogP contribution in [0, 0.1) is 0 Å². The van der Waals surface area contributed by atoms with Crippen LogP contribution < -0.4 is 0 Å². The molecule has 0 spiro atoms. The summed E-state index contributed by atoms with van der Waals surface area (Å²) in [6, 6.07) is 11.7. The number of hydrogen-bond donors (Lipinski definition) is 0. The molecule has 1 aliphatic carbocycles. The highest BCUT2D eigenvalue weighted by molar-refractivity contribution is 5.14. The van der Waals surface area contributed by atoms with Crippen LogP contribution in [0.25, 0.3) is 0 Å². The Kier molecular flexibility index (Phi) is 4.41. The van der Waals surface area contributed by atoms with Crippen molar-refractivity contribution in [3.05, 3.63) is 35.9 Å². The molecule has 1 aromatic rings. The van der Waals surface area contributed by atoms with E-state index in [9.17, 15) is 0 Å². The number of hydrogen-bond acceptors (Lipinski definition) is 1. The van der Waals surface area contributed by atoms with Crippen molar-refractivity contribution in [3.8, 4) is 0 Å². The van der Waals surface area contributed by atoms with Crippen LogP contribution in [0.2, 0.25) is 0 Å². The SMILES string of the molecule is CCN(Cc1ccccc1)C1CCCCC1. The van der Waals surface area contributed by atoms with Crippen molar-refractivity contribution in [1.82, 2.24) is 4.90 Å². The first-order valence-electron chi connectivity index (χ1n) is 6.68. The van der Waals surface area contributed by atoms with Gasteiger partial charge in [0.1, 0.15) is 0 Å². The highest BCUT2D eigenvalue weighted by atomic mass is 15.1. The molecule has 1 nitrogen and oxygen atoms in total. The Labute approximate surface area is 99.5 Å². The topological polar surface area (TPSA) is 3.24 Å². The summed E-state index contributed by atoms with van der Waals surface area (Å²) in [5, 5.41) is 0. The summed E-state index contributed by atoms with van der Waals surface area (Å²) in [7, 11) is 0. The summed E-state index contributed by atoms with van der Waals surface area (Å²) < 4.78 is 0. The minimum absolute atomic E-state index is 0.832. The van der Waals surface area contributed by atoms with Crippen LogP contribution in [0.4, 0.5) is 0 Å². The van der Waals surface area contributed by atoms with Gasteiger partial charge in [-0.2, -0.15) is 0 Å². The molecule has 88 valence electrons. The Morgan fingerprint density at radius 2 is 1.75 bits per heavy atom. The third-order valence-corrected chi connectivity index (χ3v) is 3.73. The van der Waals surface area contributed by atoms with Crippen molar-refractivity contribution in [3.63, 3.8) is 0 Å². The number of nitrogens with zero attached hydrogens (tertiary/aromatic N) is 1. The summed E-state index contributed by atoms with van der Waals surface area (Å²) in [5.74, 6) is 0. The van der Waals surface area contributed by atoms with Gasteiger partial charge in [0.15, 0.2) is 0 Å². The molecule has 0 N–H and O–H groups in total. The second-order valence-electron chi connectivity index (χ2n) is 4.84. The lowest BCUT2D eigenvalue weighted by Crippen LogP contribution is -2.36. The van der Waals surface area contributed by atoms with Gasteiger partial charge in [0.2, 0.25) is 0 Å². The lowest BCUT2D eigenvalue weighted by molar-refractivity contribution is 0.156. The zero-order valence-corrected chi connectivity index (χ0v) is 10.4. The zero-order valence-electron chi connectivity index (χ0n) is 10.4. The lowest BCUT2D eigenvalue weighted by atomic mass is 9.94. The Morgan fingerprint density at radius 1 is 1.06 bits per heavy atom. The van der Waals surface area contributed by atoms with Gasteiger partial charge in [-0.15, -0.1) is 0 Å². The lowest BCUT2D eigenvalue weighted by Gasteiger charge is -2.33. The van der Waals surface area contributed by atoms with E-state index in [4.69, 9.17) is 0 Å². The first kappa shape index (κ1) is 11.7. The highest BCUT2D eigenvalue weighted by Crippen LogP contribution is 2.23. The van der Waals surface area contributed by atoms with Crippen LogP contribution in [0.1, 0.15) is 44.6 Å². The molecule has 0 aromatic heterocycles. The fourth-order valence-corrected chi connectivity index (χ4v) is 2.76.